The topological polar surface area (TPSA) is 52.7 Å². The number of carbonyl (C=O) groups excluding carboxylic acids is 2. The molecule has 2 aromatic carbocycles. The summed E-state index contributed by atoms with van der Waals surface area (Å²) in [5.41, 5.74) is 1.93. The second-order valence-corrected chi connectivity index (χ2v) is 7.43. The van der Waals surface area contributed by atoms with E-state index in [2.05, 4.69) is 21.2 Å². The third-order valence-corrected chi connectivity index (χ3v) is 5.19. The lowest BCUT2D eigenvalue weighted by atomic mass is 10.1. The molecular weight excluding hydrogens is 413 g/mol. The second-order valence-electron chi connectivity index (χ2n) is 6.58. The maximum absolute atomic E-state index is 13.8. The zero-order chi connectivity index (χ0) is 19.4. The normalized spacial score (nSPS) is 14.9. The Balaban J connectivity index is 1.51. The van der Waals surface area contributed by atoms with Crippen molar-refractivity contribution in [2.24, 2.45) is 0 Å². The minimum absolute atomic E-state index is 0.0907. The predicted octanol–water partition coefficient (Wildman–Crippen LogP) is 3.29. The van der Waals surface area contributed by atoms with Gasteiger partial charge in [-0.15, -0.1) is 0 Å². The quantitative estimate of drug-likeness (QED) is 0.804. The highest BCUT2D eigenvalue weighted by Crippen LogP contribution is 2.23. The average molecular weight is 434 g/mol. The van der Waals surface area contributed by atoms with Crippen molar-refractivity contribution in [2.75, 3.05) is 38.0 Å². The monoisotopic (exact) mass is 433 g/mol. The van der Waals surface area contributed by atoms with E-state index in [1.54, 1.807) is 17.0 Å². The van der Waals surface area contributed by atoms with Gasteiger partial charge < -0.3 is 10.2 Å². The molecule has 1 heterocycles. The lowest BCUT2D eigenvalue weighted by Gasteiger charge is -2.34. The molecule has 3 rings (SSSR count). The summed E-state index contributed by atoms with van der Waals surface area (Å²) in [6.45, 7) is 4.31. The van der Waals surface area contributed by atoms with E-state index in [-0.39, 0.29) is 23.9 Å². The second kappa shape index (κ2) is 8.63. The van der Waals surface area contributed by atoms with Gasteiger partial charge in [0.2, 0.25) is 5.91 Å². The molecule has 2 aromatic rings. The van der Waals surface area contributed by atoms with Crippen LogP contribution in [-0.2, 0) is 4.79 Å². The Hall–Kier alpha value is -2.25. The van der Waals surface area contributed by atoms with Crippen LogP contribution in [0.1, 0.15) is 15.9 Å². The first kappa shape index (κ1) is 19.5. The zero-order valence-corrected chi connectivity index (χ0v) is 16.6. The molecule has 1 aliphatic rings. The number of halogens is 2. The van der Waals surface area contributed by atoms with Gasteiger partial charge in [-0.25, -0.2) is 4.39 Å². The van der Waals surface area contributed by atoms with Crippen LogP contribution in [0.5, 0.6) is 0 Å². The van der Waals surface area contributed by atoms with Gasteiger partial charge in [0.15, 0.2) is 0 Å². The van der Waals surface area contributed by atoms with Gasteiger partial charge in [-0.05, 0) is 52.7 Å². The van der Waals surface area contributed by atoms with E-state index in [0.717, 1.165) is 15.7 Å². The number of nitrogens with one attached hydrogen (secondary N) is 1. The molecule has 0 spiro atoms. The number of rotatable bonds is 4. The van der Waals surface area contributed by atoms with Crippen LogP contribution in [0, 0.1) is 12.7 Å². The number of hydrogen-bond acceptors (Lipinski definition) is 3. The molecule has 5 nitrogen and oxygen atoms in total. The van der Waals surface area contributed by atoms with Crippen molar-refractivity contribution in [3.05, 3.63) is 63.9 Å². The lowest BCUT2D eigenvalue weighted by molar-refractivity contribution is -0.117. The fourth-order valence-electron chi connectivity index (χ4n) is 3.03. The highest BCUT2D eigenvalue weighted by Gasteiger charge is 2.24. The van der Waals surface area contributed by atoms with Crippen molar-refractivity contribution in [1.29, 1.82) is 0 Å². The van der Waals surface area contributed by atoms with Crippen LogP contribution in [0.15, 0.2) is 46.9 Å². The number of nitrogens with zero attached hydrogens (tertiary/aromatic N) is 2. The Labute approximate surface area is 166 Å². The van der Waals surface area contributed by atoms with E-state index in [1.807, 2.05) is 30.0 Å². The molecule has 1 N–H and O–H groups in total. The number of piperazine rings is 1. The highest BCUT2D eigenvalue weighted by molar-refractivity contribution is 9.10. The fourth-order valence-corrected chi connectivity index (χ4v) is 3.62. The van der Waals surface area contributed by atoms with E-state index in [4.69, 9.17) is 0 Å². The number of anilines is 1. The minimum Gasteiger partial charge on any atom is -0.336 e. The van der Waals surface area contributed by atoms with E-state index >= 15 is 0 Å². The maximum atomic E-state index is 13.8. The summed E-state index contributed by atoms with van der Waals surface area (Å²) in [7, 11) is 0. The molecule has 142 valence electrons. The molecule has 0 aromatic heterocycles. The van der Waals surface area contributed by atoms with E-state index in [9.17, 15) is 14.0 Å². The summed E-state index contributed by atoms with van der Waals surface area (Å²) in [5, 5.41) is 2.89. The lowest BCUT2D eigenvalue weighted by Crippen LogP contribution is -2.50. The van der Waals surface area contributed by atoms with E-state index in [0.29, 0.717) is 26.2 Å². The van der Waals surface area contributed by atoms with Gasteiger partial charge in [0.05, 0.1) is 17.8 Å². The summed E-state index contributed by atoms with van der Waals surface area (Å²) >= 11 is 3.45. The van der Waals surface area contributed by atoms with Gasteiger partial charge in [0.25, 0.3) is 5.91 Å². The molecule has 1 saturated heterocycles. The van der Waals surface area contributed by atoms with Crippen molar-refractivity contribution >= 4 is 33.4 Å². The molecule has 0 saturated carbocycles. The van der Waals surface area contributed by atoms with E-state index < -0.39 is 5.82 Å². The zero-order valence-electron chi connectivity index (χ0n) is 15.0. The Morgan fingerprint density at radius 3 is 2.48 bits per heavy atom. The van der Waals surface area contributed by atoms with Crippen LogP contribution < -0.4 is 5.32 Å². The van der Waals surface area contributed by atoms with Crippen LogP contribution >= 0.6 is 15.9 Å². The molecular formula is C20H21BrFN3O2. The Morgan fingerprint density at radius 2 is 1.81 bits per heavy atom. The number of carbonyl (C=O) groups is 2. The van der Waals surface area contributed by atoms with E-state index in [1.165, 1.54) is 12.1 Å². The van der Waals surface area contributed by atoms with Crippen molar-refractivity contribution in [3.8, 4) is 0 Å². The van der Waals surface area contributed by atoms with Gasteiger partial charge in [-0.2, -0.15) is 0 Å². The molecule has 0 radical (unpaired) electrons. The summed E-state index contributed by atoms with van der Waals surface area (Å²) in [5.74, 6) is -0.915. The molecule has 0 unspecified atom stereocenters. The Morgan fingerprint density at radius 1 is 1.11 bits per heavy atom. The van der Waals surface area contributed by atoms with Gasteiger partial charge in [-0.3, -0.25) is 14.5 Å². The number of amides is 2. The summed E-state index contributed by atoms with van der Waals surface area (Å²) in [6, 6.07) is 11.8. The largest absolute Gasteiger partial charge is 0.336 e. The standard InChI is InChI=1S/C20H21BrFN3O2/c1-14-6-7-18(16(21)12-14)23-19(26)13-24-8-10-25(11-9-24)20(27)15-4-2-3-5-17(15)22/h2-7,12H,8-11,13H2,1H3,(H,23,26). The SMILES string of the molecule is Cc1ccc(NC(=O)CN2CCN(C(=O)c3ccccc3F)CC2)c(Br)c1. The minimum atomic E-state index is -0.506. The smallest absolute Gasteiger partial charge is 0.256 e. The van der Waals surface area contributed by atoms with Crippen LogP contribution in [0.3, 0.4) is 0 Å². The molecule has 7 heteroatoms. The van der Waals surface area contributed by atoms with Crippen molar-refractivity contribution in [2.45, 2.75) is 6.92 Å². The average Bonchev–Trinajstić information content (AvgIpc) is 2.64. The van der Waals surface area contributed by atoms with Gasteiger partial charge in [0, 0.05) is 30.7 Å². The number of hydrogen-bond donors (Lipinski definition) is 1. The van der Waals surface area contributed by atoms with Gasteiger partial charge in [0.1, 0.15) is 5.82 Å². The third-order valence-electron chi connectivity index (χ3n) is 4.53. The van der Waals surface area contributed by atoms with Crippen molar-refractivity contribution < 1.29 is 14.0 Å². The van der Waals surface area contributed by atoms with Gasteiger partial charge >= 0.3 is 0 Å². The summed E-state index contributed by atoms with van der Waals surface area (Å²) in [6.07, 6.45) is 0. The molecule has 0 atom stereocenters. The molecule has 0 bridgehead atoms. The highest BCUT2D eigenvalue weighted by atomic mass is 79.9. The first-order valence-corrected chi connectivity index (χ1v) is 9.55. The predicted molar refractivity (Wildman–Crippen MR) is 106 cm³/mol. The van der Waals surface area contributed by atoms with Gasteiger partial charge in [-0.1, -0.05) is 18.2 Å². The fraction of sp³-hybridized carbons (Fsp3) is 0.300. The van der Waals surface area contributed by atoms with Crippen LogP contribution in [-0.4, -0.2) is 54.3 Å². The third kappa shape index (κ3) is 4.93. The molecule has 27 heavy (non-hydrogen) atoms. The Kier molecular flexibility index (Phi) is 6.23. The van der Waals surface area contributed by atoms with Crippen molar-refractivity contribution in [3.63, 3.8) is 0 Å². The molecule has 1 fully saturated rings. The van der Waals surface area contributed by atoms with Crippen LogP contribution in [0.25, 0.3) is 0 Å². The number of benzene rings is 2. The van der Waals surface area contributed by atoms with Crippen LogP contribution in [0.2, 0.25) is 0 Å². The van der Waals surface area contributed by atoms with Crippen molar-refractivity contribution in [1.82, 2.24) is 9.80 Å². The number of aryl methyl sites for hydroxylation is 1. The summed E-state index contributed by atoms with van der Waals surface area (Å²) < 4.78 is 14.6. The first-order valence-electron chi connectivity index (χ1n) is 8.76. The van der Waals surface area contributed by atoms with Crippen LogP contribution in [0.4, 0.5) is 10.1 Å². The maximum Gasteiger partial charge on any atom is 0.256 e. The molecule has 1 aliphatic heterocycles. The Bertz CT molecular complexity index is 851. The first-order chi connectivity index (χ1) is 12.9. The molecule has 0 aliphatic carbocycles. The summed E-state index contributed by atoms with van der Waals surface area (Å²) in [4.78, 5) is 28.4. The molecule has 2 amide bonds.